The number of hydrogen-bond acceptors (Lipinski definition) is 8. The minimum absolute atomic E-state index is 0.0518. The van der Waals surface area contributed by atoms with Crippen molar-refractivity contribution in [3.05, 3.63) is 82.9 Å². The molecule has 2 aromatic carbocycles. The summed E-state index contributed by atoms with van der Waals surface area (Å²) >= 11 is 1.05. The van der Waals surface area contributed by atoms with Gasteiger partial charge in [0.25, 0.3) is 0 Å². The fraction of sp³-hybridized carbons (Fsp3) is 0.222. The third kappa shape index (κ3) is 6.27. The van der Waals surface area contributed by atoms with Gasteiger partial charge in [0, 0.05) is 17.8 Å². The summed E-state index contributed by atoms with van der Waals surface area (Å²) in [5.74, 6) is -2.37. The molecule has 1 fully saturated rings. The van der Waals surface area contributed by atoms with E-state index in [9.17, 15) is 27.7 Å². The molecule has 4 aromatic rings. The Labute approximate surface area is 227 Å². The van der Waals surface area contributed by atoms with Gasteiger partial charge in [-0.15, -0.1) is 11.3 Å². The number of hydrogen-bond donors (Lipinski definition) is 2. The van der Waals surface area contributed by atoms with Gasteiger partial charge in [-0.1, -0.05) is 18.2 Å². The highest BCUT2D eigenvalue weighted by molar-refractivity contribution is 7.91. The van der Waals surface area contributed by atoms with Crippen molar-refractivity contribution in [1.82, 2.24) is 20.6 Å². The Kier molecular flexibility index (Phi) is 7.36. The fourth-order valence-electron chi connectivity index (χ4n) is 4.02. The first-order valence-electron chi connectivity index (χ1n) is 12.0. The molecule has 0 spiro atoms. The van der Waals surface area contributed by atoms with Crippen molar-refractivity contribution in [1.29, 1.82) is 5.26 Å². The lowest BCUT2D eigenvalue weighted by atomic mass is 10.1. The molecule has 0 saturated heterocycles. The number of nitrogens with zero attached hydrogens (tertiary/aromatic N) is 3. The normalized spacial score (nSPS) is 13.9. The highest BCUT2D eigenvalue weighted by Gasteiger charge is 2.37. The van der Waals surface area contributed by atoms with Crippen LogP contribution in [0.4, 0.5) is 4.39 Å². The van der Waals surface area contributed by atoms with Crippen LogP contribution in [0.25, 0.3) is 21.3 Å². The number of nitriles is 1. The Morgan fingerprint density at radius 1 is 1.13 bits per heavy atom. The van der Waals surface area contributed by atoms with Gasteiger partial charge in [-0.3, -0.25) is 9.59 Å². The summed E-state index contributed by atoms with van der Waals surface area (Å²) in [6.45, 7) is -0.363. The van der Waals surface area contributed by atoms with Crippen molar-refractivity contribution in [2.24, 2.45) is 0 Å². The van der Waals surface area contributed by atoms with Crippen LogP contribution >= 0.6 is 11.3 Å². The lowest BCUT2D eigenvalue weighted by Crippen LogP contribution is -2.41. The summed E-state index contributed by atoms with van der Waals surface area (Å²) in [5.41, 5.74) is 2.52. The smallest absolute Gasteiger partial charge is 0.245 e. The zero-order chi connectivity index (χ0) is 27.6. The molecule has 2 aromatic heterocycles. The summed E-state index contributed by atoms with van der Waals surface area (Å²) in [6.07, 6.45) is 3.14. The summed E-state index contributed by atoms with van der Waals surface area (Å²) in [7, 11) is -4.18. The average molecular weight is 564 g/mol. The number of fused-ring (bicyclic) bond motifs is 1. The average Bonchev–Trinajstić information content (AvgIpc) is 3.63. The Morgan fingerprint density at radius 3 is 2.64 bits per heavy atom. The van der Waals surface area contributed by atoms with E-state index < -0.39 is 38.6 Å². The topological polar surface area (TPSA) is 142 Å². The van der Waals surface area contributed by atoms with Crippen molar-refractivity contribution in [3.63, 3.8) is 0 Å². The molecule has 2 heterocycles. The van der Waals surface area contributed by atoms with Gasteiger partial charge in [0.05, 0.1) is 34.1 Å². The van der Waals surface area contributed by atoms with Crippen molar-refractivity contribution >= 4 is 43.2 Å². The first-order valence-corrected chi connectivity index (χ1v) is 14.5. The number of pyridine rings is 1. The summed E-state index contributed by atoms with van der Waals surface area (Å²) < 4.78 is 41.2. The van der Waals surface area contributed by atoms with Crippen LogP contribution in [0.3, 0.4) is 0 Å². The zero-order valence-corrected chi connectivity index (χ0v) is 22.1. The first-order chi connectivity index (χ1) is 18.7. The van der Waals surface area contributed by atoms with E-state index in [-0.39, 0.29) is 17.6 Å². The summed E-state index contributed by atoms with van der Waals surface area (Å²) in [5, 5.41) is 12.8. The van der Waals surface area contributed by atoms with Crippen LogP contribution in [-0.2, 0) is 25.2 Å². The Balaban J connectivity index is 1.48. The number of thiazole rings is 1. The van der Waals surface area contributed by atoms with Gasteiger partial charge >= 0.3 is 0 Å². The maximum atomic E-state index is 13.6. The quantitative estimate of drug-likeness (QED) is 0.297. The molecule has 1 aliphatic carbocycles. The van der Waals surface area contributed by atoms with E-state index in [0.717, 1.165) is 29.7 Å². The molecule has 2 amide bonds. The predicted octanol–water partition coefficient (Wildman–Crippen LogP) is 3.42. The Bertz CT molecular complexity index is 1710. The van der Waals surface area contributed by atoms with Gasteiger partial charge in [-0.05, 0) is 60.4 Å². The molecule has 1 unspecified atom stereocenters. The highest BCUT2D eigenvalue weighted by atomic mass is 32.2. The third-order valence-corrected chi connectivity index (χ3v) is 9.20. The van der Waals surface area contributed by atoms with Gasteiger partial charge in [0.2, 0.25) is 17.8 Å². The molecule has 0 aliphatic heterocycles. The molecule has 0 bridgehead atoms. The molecule has 0 radical (unpaired) electrons. The number of carbonyl (C=O) groups excluding carboxylic acids is 2. The van der Waals surface area contributed by atoms with E-state index in [0.29, 0.717) is 26.9 Å². The van der Waals surface area contributed by atoms with Crippen LogP contribution in [0.1, 0.15) is 34.2 Å². The van der Waals surface area contributed by atoms with Crippen LogP contribution in [-0.4, -0.2) is 42.8 Å². The second-order valence-electron chi connectivity index (χ2n) is 9.16. The molecular weight excluding hydrogens is 541 g/mol. The number of nitrogens with one attached hydrogen (secondary N) is 2. The van der Waals surface area contributed by atoms with E-state index in [1.165, 1.54) is 18.3 Å². The van der Waals surface area contributed by atoms with Gasteiger partial charge in [-0.25, -0.2) is 18.4 Å². The van der Waals surface area contributed by atoms with Gasteiger partial charge < -0.3 is 10.6 Å². The number of aromatic nitrogens is 2. The number of carbonyl (C=O) groups is 2. The van der Waals surface area contributed by atoms with Crippen LogP contribution in [0.2, 0.25) is 0 Å². The Hall–Kier alpha value is -4.21. The summed E-state index contributed by atoms with van der Waals surface area (Å²) in [6, 6.07) is 16.3. The molecule has 5 rings (SSSR count). The zero-order valence-electron chi connectivity index (χ0n) is 20.4. The second kappa shape index (κ2) is 10.9. The van der Waals surface area contributed by atoms with Gasteiger partial charge in [-0.2, -0.15) is 9.65 Å². The number of sulfone groups is 1. The van der Waals surface area contributed by atoms with E-state index in [4.69, 9.17) is 0 Å². The lowest BCUT2D eigenvalue weighted by Gasteiger charge is -2.16. The van der Waals surface area contributed by atoms with E-state index in [2.05, 4.69) is 20.6 Å². The first kappa shape index (κ1) is 26.4. The molecule has 1 aliphatic rings. The van der Waals surface area contributed by atoms with Gasteiger partial charge in [0.15, 0.2) is 15.1 Å². The summed E-state index contributed by atoms with van der Waals surface area (Å²) in [4.78, 5) is 33.6. The van der Waals surface area contributed by atoms with E-state index >= 15 is 0 Å². The molecule has 1 saturated carbocycles. The standard InChI is InChI=1S/C27H22FN5O4S2/c28-23-9-5-19(13-30-23)18-4-8-21-22(11-18)38-27(33-21)25(26(35)31-14-24(34)32-20-6-7-20)39(36,37)15-17-3-1-2-16(10-17)12-29/h1-5,8-11,13,20,25H,6-7,14-15H2,(H,31,35)(H,32,34). The molecule has 198 valence electrons. The maximum Gasteiger partial charge on any atom is 0.245 e. The Morgan fingerprint density at radius 2 is 1.92 bits per heavy atom. The maximum absolute atomic E-state index is 13.6. The monoisotopic (exact) mass is 563 g/mol. The number of benzene rings is 2. The minimum Gasteiger partial charge on any atom is -0.352 e. The van der Waals surface area contributed by atoms with Crippen molar-refractivity contribution < 1.29 is 22.4 Å². The third-order valence-electron chi connectivity index (χ3n) is 6.08. The molecule has 2 N–H and O–H groups in total. The fourth-order valence-corrected chi connectivity index (χ4v) is 7.17. The predicted molar refractivity (Wildman–Crippen MR) is 144 cm³/mol. The van der Waals surface area contributed by atoms with Crippen molar-refractivity contribution in [2.45, 2.75) is 29.9 Å². The highest BCUT2D eigenvalue weighted by Crippen LogP contribution is 2.35. The number of amides is 2. The lowest BCUT2D eigenvalue weighted by molar-refractivity contribution is -0.126. The molecule has 1 atom stereocenters. The SMILES string of the molecule is N#Cc1cccc(CS(=O)(=O)C(C(=O)NCC(=O)NC2CC2)c2nc3ccc(-c4ccc(F)nc4)cc3s2)c1. The van der Waals surface area contributed by atoms with Crippen LogP contribution in [0.5, 0.6) is 0 Å². The van der Waals surface area contributed by atoms with E-state index in [1.54, 1.807) is 42.5 Å². The number of rotatable bonds is 9. The molecule has 9 nitrogen and oxygen atoms in total. The molecular formula is C27H22FN5O4S2. The minimum atomic E-state index is -4.18. The van der Waals surface area contributed by atoms with Crippen molar-refractivity contribution in [2.75, 3.05) is 6.54 Å². The second-order valence-corrected chi connectivity index (χ2v) is 12.3. The molecule has 12 heteroatoms. The van der Waals surface area contributed by atoms with Crippen LogP contribution in [0.15, 0.2) is 60.8 Å². The van der Waals surface area contributed by atoms with Crippen LogP contribution < -0.4 is 10.6 Å². The molecule has 39 heavy (non-hydrogen) atoms. The van der Waals surface area contributed by atoms with Gasteiger partial charge in [0.1, 0.15) is 5.01 Å². The van der Waals surface area contributed by atoms with Crippen LogP contribution in [0, 0.1) is 17.3 Å². The van der Waals surface area contributed by atoms with E-state index in [1.807, 2.05) is 6.07 Å². The largest absolute Gasteiger partial charge is 0.352 e. The van der Waals surface area contributed by atoms with Crippen molar-refractivity contribution in [3.8, 4) is 17.2 Å². The number of halogens is 1.